The summed E-state index contributed by atoms with van der Waals surface area (Å²) in [4.78, 5) is 2.37. The van der Waals surface area contributed by atoms with Crippen LogP contribution in [0.5, 0.6) is 0 Å². The van der Waals surface area contributed by atoms with E-state index in [1.165, 1.54) is 0 Å². The summed E-state index contributed by atoms with van der Waals surface area (Å²) in [5, 5.41) is 4.42. The molecule has 3 rings (SSSR count). The Kier molecular flexibility index (Phi) is 12.2. The number of nitrogens with zero attached hydrogens (tertiary/aromatic N) is 2. The van der Waals surface area contributed by atoms with Gasteiger partial charge in [-0.15, -0.1) is 0 Å². The molecule has 3 aliphatic rings. The molecule has 0 aromatic carbocycles. The molecule has 0 spiro atoms. The molecule has 1 fully saturated rings. The Labute approximate surface area is 215 Å². The molecule has 0 aromatic rings. The van der Waals surface area contributed by atoms with Crippen molar-refractivity contribution in [3.8, 4) is 0 Å². The van der Waals surface area contributed by atoms with Gasteiger partial charge in [0.05, 0.1) is 32.6 Å². The van der Waals surface area contributed by atoms with Gasteiger partial charge in [0, 0.05) is 32.1 Å². The zero-order valence-electron chi connectivity index (χ0n) is 21.9. The van der Waals surface area contributed by atoms with Crippen molar-refractivity contribution in [2.75, 3.05) is 66.3 Å². The van der Waals surface area contributed by atoms with E-state index in [4.69, 9.17) is 23.7 Å². The highest BCUT2D eigenvalue weighted by Crippen LogP contribution is 2.26. The molecule has 2 aliphatic heterocycles. The maximum absolute atomic E-state index is 6.01. The molecule has 36 heavy (non-hydrogen) atoms. The molecule has 1 aliphatic carbocycles. The van der Waals surface area contributed by atoms with Crippen molar-refractivity contribution >= 4 is 5.71 Å². The average molecular weight is 500 g/mol. The van der Waals surface area contributed by atoms with Gasteiger partial charge in [-0.25, -0.2) is 0 Å². The minimum absolute atomic E-state index is 0.287. The maximum atomic E-state index is 6.01. The number of methoxy groups -OCH3 is 1. The molecule has 1 N–H and O–H groups in total. The van der Waals surface area contributed by atoms with Crippen LogP contribution in [-0.2, 0) is 23.7 Å². The number of allylic oxidation sites excluding steroid dienone is 8. The van der Waals surface area contributed by atoms with Gasteiger partial charge < -0.3 is 29.1 Å². The van der Waals surface area contributed by atoms with Crippen LogP contribution in [0.4, 0.5) is 0 Å². The predicted molar refractivity (Wildman–Crippen MR) is 142 cm³/mol. The Morgan fingerprint density at radius 1 is 1.17 bits per heavy atom. The van der Waals surface area contributed by atoms with Crippen molar-refractivity contribution < 1.29 is 23.7 Å². The quantitative estimate of drug-likeness (QED) is 0.177. The van der Waals surface area contributed by atoms with Gasteiger partial charge in [0.2, 0.25) is 0 Å². The third-order valence-electron chi connectivity index (χ3n) is 5.93. The second kappa shape index (κ2) is 15.9. The first kappa shape index (κ1) is 27.6. The fraction of sp³-hybridized carbons (Fsp3) is 0.536. The minimum atomic E-state index is 0.287. The van der Waals surface area contributed by atoms with Gasteiger partial charge in [0.1, 0.15) is 37.6 Å². The molecule has 0 bridgehead atoms. The van der Waals surface area contributed by atoms with Crippen LogP contribution in [0.3, 0.4) is 0 Å². The van der Waals surface area contributed by atoms with Crippen LogP contribution in [0, 0.1) is 5.92 Å². The Hall–Kier alpha value is -2.97. The zero-order chi connectivity index (χ0) is 25.4. The highest BCUT2D eigenvalue weighted by atomic mass is 16.6. The Morgan fingerprint density at radius 3 is 2.81 bits per heavy atom. The third kappa shape index (κ3) is 10.3. The third-order valence-corrected chi connectivity index (χ3v) is 5.93. The van der Waals surface area contributed by atoms with E-state index in [0.717, 1.165) is 74.3 Å². The van der Waals surface area contributed by atoms with E-state index in [0.29, 0.717) is 26.4 Å². The van der Waals surface area contributed by atoms with Gasteiger partial charge in [-0.2, -0.15) is 5.10 Å². The molecule has 0 radical (unpaired) electrons. The number of ether oxygens (including phenoxy) is 5. The monoisotopic (exact) mass is 499 g/mol. The average Bonchev–Trinajstić information content (AvgIpc) is 2.92. The van der Waals surface area contributed by atoms with Crippen molar-refractivity contribution in [2.24, 2.45) is 11.0 Å². The predicted octanol–water partition coefficient (Wildman–Crippen LogP) is 4.07. The number of morpholine rings is 1. The molecule has 1 saturated heterocycles. The highest BCUT2D eigenvalue weighted by molar-refractivity contribution is 5.93. The standard InChI is InChI=1S/C28H41N3O5/c1-23(6-10-27-22-34-19-20-36-27)5-4-12-29-30-24(2)7-8-25-9-11-26(21-28(25)32-3)35-18-15-31-13-16-33-17-14-31/h4-8,10,21-23,29H,9,11-20H2,1-3H3/b5-4+,8-7+,10-6-,30-24+. The van der Waals surface area contributed by atoms with Crippen LogP contribution in [0.25, 0.3) is 0 Å². The summed E-state index contributed by atoms with van der Waals surface area (Å²) in [5.41, 5.74) is 5.14. The molecule has 0 saturated carbocycles. The van der Waals surface area contributed by atoms with Crippen LogP contribution in [-0.4, -0.2) is 76.9 Å². The van der Waals surface area contributed by atoms with Gasteiger partial charge in [-0.3, -0.25) is 4.90 Å². The van der Waals surface area contributed by atoms with E-state index < -0.39 is 0 Å². The van der Waals surface area contributed by atoms with Crippen LogP contribution < -0.4 is 5.43 Å². The molecule has 0 amide bonds. The van der Waals surface area contributed by atoms with E-state index in [1.54, 1.807) is 13.4 Å². The smallest absolute Gasteiger partial charge is 0.153 e. The van der Waals surface area contributed by atoms with E-state index in [1.807, 2.05) is 25.2 Å². The first-order valence-corrected chi connectivity index (χ1v) is 12.8. The number of hydrogen-bond acceptors (Lipinski definition) is 8. The van der Waals surface area contributed by atoms with Crippen LogP contribution in [0.1, 0.15) is 26.7 Å². The molecular formula is C28H41N3O5. The van der Waals surface area contributed by atoms with Crippen molar-refractivity contribution in [3.05, 3.63) is 71.6 Å². The number of hydrazone groups is 1. The van der Waals surface area contributed by atoms with Crippen molar-refractivity contribution in [1.29, 1.82) is 0 Å². The minimum Gasteiger partial charge on any atom is -0.496 e. The summed E-state index contributed by atoms with van der Waals surface area (Å²) < 4.78 is 27.8. The van der Waals surface area contributed by atoms with Gasteiger partial charge in [-0.05, 0) is 37.0 Å². The summed E-state index contributed by atoms with van der Waals surface area (Å²) >= 11 is 0. The first-order chi connectivity index (χ1) is 17.6. The largest absolute Gasteiger partial charge is 0.496 e. The lowest BCUT2D eigenvalue weighted by Crippen LogP contribution is -2.38. The molecule has 2 heterocycles. The molecule has 0 aromatic heterocycles. The van der Waals surface area contributed by atoms with Gasteiger partial charge in [0.15, 0.2) is 5.76 Å². The number of hydrogen-bond donors (Lipinski definition) is 1. The summed E-state index contributed by atoms with van der Waals surface area (Å²) in [6.07, 6.45) is 17.7. The summed E-state index contributed by atoms with van der Waals surface area (Å²) in [5.74, 6) is 2.89. The fourth-order valence-corrected chi connectivity index (χ4v) is 3.84. The topological polar surface area (TPSA) is 73.8 Å². The normalized spacial score (nSPS) is 20.8. The van der Waals surface area contributed by atoms with Gasteiger partial charge >= 0.3 is 0 Å². The summed E-state index contributed by atoms with van der Waals surface area (Å²) in [6, 6.07) is 0. The van der Waals surface area contributed by atoms with E-state index >= 15 is 0 Å². The molecule has 8 nitrogen and oxygen atoms in total. The zero-order valence-corrected chi connectivity index (χ0v) is 21.9. The Bertz CT molecular complexity index is 895. The fourth-order valence-electron chi connectivity index (χ4n) is 3.84. The number of nitrogens with one attached hydrogen (secondary N) is 1. The second-order valence-electron chi connectivity index (χ2n) is 8.84. The summed E-state index contributed by atoms with van der Waals surface area (Å²) in [7, 11) is 1.70. The Balaban J connectivity index is 1.39. The molecule has 1 unspecified atom stereocenters. The van der Waals surface area contributed by atoms with Crippen LogP contribution in [0.15, 0.2) is 76.7 Å². The lowest BCUT2D eigenvalue weighted by Gasteiger charge is -2.27. The second-order valence-corrected chi connectivity index (χ2v) is 8.84. The number of rotatable bonds is 13. The molecular weight excluding hydrogens is 458 g/mol. The highest BCUT2D eigenvalue weighted by Gasteiger charge is 2.15. The molecule has 198 valence electrons. The van der Waals surface area contributed by atoms with E-state index in [2.05, 4.69) is 46.7 Å². The van der Waals surface area contributed by atoms with E-state index in [-0.39, 0.29) is 5.92 Å². The van der Waals surface area contributed by atoms with Gasteiger partial charge in [0.25, 0.3) is 0 Å². The van der Waals surface area contributed by atoms with Gasteiger partial charge in [-0.1, -0.05) is 31.2 Å². The maximum Gasteiger partial charge on any atom is 0.153 e. The lowest BCUT2D eigenvalue weighted by atomic mass is 10.0. The molecule has 1 atom stereocenters. The van der Waals surface area contributed by atoms with Crippen LogP contribution in [0.2, 0.25) is 0 Å². The molecule has 8 heteroatoms. The SMILES string of the molecule is COC1=C(/C=C/C(C)=N/NC/C=C/C(C)/C=C\C2=COCCO2)CCC(OCCN2CCOCC2)=C1. The van der Waals surface area contributed by atoms with E-state index in [9.17, 15) is 0 Å². The van der Waals surface area contributed by atoms with Crippen molar-refractivity contribution in [1.82, 2.24) is 10.3 Å². The van der Waals surface area contributed by atoms with Crippen molar-refractivity contribution in [3.63, 3.8) is 0 Å². The lowest BCUT2D eigenvalue weighted by molar-refractivity contribution is 0.0269. The van der Waals surface area contributed by atoms with Crippen molar-refractivity contribution in [2.45, 2.75) is 26.7 Å². The Morgan fingerprint density at radius 2 is 2.03 bits per heavy atom. The van der Waals surface area contributed by atoms with Crippen LogP contribution >= 0.6 is 0 Å². The first-order valence-electron chi connectivity index (χ1n) is 12.8. The summed E-state index contributed by atoms with van der Waals surface area (Å²) in [6.45, 7) is 11.2.